The fourth-order valence-electron chi connectivity index (χ4n) is 4.82. The first-order valence-corrected chi connectivity index (χ1v) is 11.5. The summed E-state index contributed by atoms with van der Waals surface area (Å²) in [7, 11) is 0. The first-order chi connectivity index (χ1) is 15.9. The van der Waals surface area contributed by atoms with Crippen molar-refractivity contribution in [3.63, 3.8) is 0 Å². The number of fused-ring (bicyclic) bond motifs is 3. The molecule has 0 unspecified atom stereocenters. The van der Waals surface area contributed by atoms with Gasteiger partial charge in [-0.2, -0.15) is 0 Å². The van der Waals surface area contributed by atoms with Crippen LogP contribution in [-0.2, 0) is 30.6 Å². The Labute approximate surface area is 192 Å². The topological polar surface area (TPSA) is 114 Å². The third-order valence-electron chi connectivity index (χ3n) is 6.14. The van der Waals surface area contributed by atoms with Gasteiger partial charge in [0.1, 0.15) is 5.69 Å². The molecule has 2 aromatic carbocycles. The number of carbonyl (C=O) groups is 1. The van der Waals surface area contributed by atoms with E-state index in [-0.39, 0.29) is 5.56 Å². The molecule has 172 valence electrons. The molecule has 2 heterocycles. The smallest absolute Gasteiger partial charge is 0.300 e. The van der Waals surface area contributed by atoms with E-state index in [4.69, 9.17) is 20.6 Å². The molecule has 7 nitrogen and oxygen atoms in total. The number of benzene rings is 2. The molecule has 0 atom stereocenters. The Morgan fingerprint density at radius 3 is 2.61 bits per heavy atom. The molecule has 0 amide bonds. The van der Waals surface area contributed by atoms with Gasteiger partial charge in [-0.05, 0) is 68.0 Å². The standard InChI is InChI=1S/C24H26N4O.C2H4O2/c1-2-20-22(17-9-3-4-10-21(17)28(20)12-6-11-25)23-24(29)27-19-14-16-8-5-7-15(16)13-18(19)26-23;1-2(3)4/h3-4,9-10,13-14H,2,5-8,11-12,25H2,1H3,(H,27,29);1H3,(H,3,4). The number of nitrogens with zero attached hydrogens (tertiary/aromatic N) is 2. The van der Waals surface area contributed by atoms with E-state index in [0.717, 1.165) is 72.3 Å². The summed E-state index contributed by atoms with van der Waals surface area (Å²) in [6.45, 7) is 4.71. The first-order valence-electron chi connectivity index (χ1n) is 11.5. The van der Waals surface area contributed by atoms with Crippen molar-refractivity contribution >= 4 is 27.9 Å². The minimum absolute atomic E-state index is 0.119. The van der Waals surface area contributed by atoms with Crippen molar-refractivity contribution in [3.05, 3.63) is 63.6 Å². The maximum atomic E-state index is 13.1. The quantitative estimate of drug-likeness (QED) is 0.428. The summed E-state index contributed by atoms with van der Waals surface area (Å²) in [5, 5.41) is 8.50. The number of aromatic amines is 1. The Hall–Kier alpha value is -3.45. The van der Waals surface area contributed by atoms with E-state index in [1.807, 2.05) is 12.1 Å². The van der Waals surface area contributed by atoms with E-state index in [2.05, 4.69) is 40.7 Å². The normalized spacial score (nSPS) is 12.6. The molecule has 0 bridgehead atoms. The van der Waals surface area contributed by atoms with Crippen LogP contribution in [0.25, 0.3) is 33.2 Å². The highest BCUT2D eigenvalue weighted by Crippen LogP contribution is 2.34. The Morgan fingerprint density at radius 1 is 1.21 bits per heavy atom. The molecule has 7 heteroatoms. The molecular formula is C26H30N4O3. The van der Waals surface area contributed by atoms with Gasteiger partial charge in [0.05, 0.1) is 11.0 Å². The summed E-state index contributed by atoms with van der Waals surface area (Å²) in [5.41, 5.74) is 13.9. The zero-order valence-electron chi connectivity index (χ0n) is 19.1. The highest BCUT2D eigenvalue weighted by Gasteiger charge is 2.21. The number of carboxylic acids is 1. The molecule has 1 aliphatic rings. The van der Waals surface area contributed by atoms with Crippen LogP contribution in [0.4, 0.5) is 0 Å². The van der Waals surface area contributed by atoms with Crippen LogP contribution >= 0.6 is 0 Å². The monoisotopic (exact) mass is 446 g/mol. The summed E-state index contributed by atoms with van der Waals surface area (Å²) < 4.78 is 2.31. The average molecular weight is 447 g/mol. The fraction of sp³-hybridized carbons (Fsp3) is 0.346. The molecular weight excluding hydrogens is 416 g/mol. The molecule has 2 aromatic heterocycles. The second-order valence-electron chi connectivity index (χ2n) is 8.41. The molecule has 0 saturated heterocycles. The van der Waals surface area contributed by atoms with Gasteiger partial charge < -0.3 is 20.4 Å². The van der Waals surface area contributed by atoms with Crippen molar-refractivity contribution in [2.75, 3.05) is 6.54 Å². The van der Waals surface area contributed by atoms with Crippen LogP contribution in [0, 0.1) is 0 Å². The Kier molecular flexibility index (Phi) is 6.60. The van der Waals surface area contributed by atoms with Gasteiger partial charge >= 0.3 is 0 Å². The number of para-hydroxylation sites is 1. The molecule has 0 saturated carbocycles. The van der Waals surface area contributed by atoms with Crippen LogP contribution < -0.4 is 11.3 Å². The maximum absolute atomic E-state index is 13.1. The summed E-state index contributed by atoms with van der Waals surface area (Å²) >= 11 is 0. The Balaban J connectivity index is 0.000000601. The molecule has 4 N–H and O–H groups in total. The number of hydrogen-bond donors (Lipinski definition) is 3. The van der Waals surface area contributed by atoms with Crippen LogP contribution in [0.15, 0.2) is 41.2 Å². The van der Waals surface area contributed by atoms with Crippen LogP contribution in [0.2, 0.25) is 0 Å². The SMILES string of the molecule is CC(=O)O.CCc1c(-c2nc3cc4c(cc3[nH]c2=O)CCC4)c2ccccc2n1CCCN. The van der Waals surface area contributed by atoms with Gasteiger partial charge in [-0.15, -0.1) is 0 Å². The van der Waals surface area contributed by atoms with Crippen molar-refractivity contribution in [1.82, 2.24) is 14.5 Å². The van der Waals surface area contributed by atoms with E-state index in [1.165, 1.54) is 17.5 Å². The van der Waals surface area contributed by atoms with Crippen molar-refractivity contribution < 1.29 is 9.90 Å². The number of H-pyrrole nitrogens is 1. The number of nitrogens with two attached hydrogens (primary N) is 1. The Morgan fingerprint density at radius 2 is 1.91 bits per heavy atom. The van der Waals surface area contributed by atoms with Gasteiger partial charge in [0.15, 0.2) is 0 Å². The number of aryl methyl sites for hydroxylation is 3. The van der Waals surface area contributed by atoms with Crippen molar-refractivity contribution in [2.45, 2.75) is 52.5 Å². The van der Waals surface area contributed by atoms with Crippen molar-refractivity contribution in [2.24, 2.45) is 5.73 Å². The lowest BCUT2D eigenvalue weighted by Gasteiger charge is -2.10. The minimum atomic E-state index is -0.833. The zero-order valence-corrected chi connectivity index (χ0v) is 19.1. The molecule has 0 aliphatic heterocycles. The van der Waals surface area contributed by atoms with Crippen LogP contribution in [0.5, 0.6) is 0 Å². The molecule has 0 radical (unpaired) electrons. The van der Waals surface area contributed by atoms with Crippen LogP contribution in [0.3, 0.4) is 0 Å². The van der Waals surface area contributed by atoms with E-state index in [0.29, 0.717) is 12.2 Å². The Bertz CT molecular complexity index is 1380. The number of hydrogen-bond acceptors (Lipinski definition) is 4. The predicted molar refractivity (Wildman–Crippen MR) is 132 cm³/mol. The maximum Gasteiger partial charge on any atom is 0.300 e. The van der Waals surface area contributed by atoms with E-state index >= 15 is 0 Å². The second kappa shape index (κ2) is 9.58. The lowest BCUT2D eigenvalue weighted by atomic mass is 10.0. The summed E-state index contributed by atoms with van der Waals surface area (Å²) in [5.74, 6) is -0.833. The summed E-state index contributed by atoms with van der Waals surface area (Å²) in [4.78, 5) is 30.1. The first kappa shape index (κ1) is 22.7. The number of rotatable bonds is 5. The molecule has 4 aromatic rings. The summed E-state index contributed by atoms with van der Waals surface area (Å²) in [6, 6.07) is 12.6. The molecule has 33 heavy (non-hydrogen) atoms. The lowest BCUT2D eigenvalue weighted by molar-refractivity contribution is -0.134. The van der Waals surface area contributed by atoms with Gasteiger partial charge in [-0.25, -0.2) is 4.98 Å². The van der Waals surface area contributed by atoms with Crippen LogP contribution in [0.1, 0.15) is 43.5 Å². The minimum Gasteiger partial charge on any atom is -0.481 e. The van der Waals surface area contributed by atoms with Gasteiger partial charge in [0.2, 0.25) is 0 Å². The molecule has 0 fully saturated rings. The summed E-state index contributed by atoms with van der Waals surface area (Å²) in [6.07, 6.45) is 5.09. The largest absolute Gasteiger partial charge is 0.481 e. The van der Waals surface area contributed by atoms with Gasteiger partial charge in [-0.1, -0.05) is 25.1 Å². The zero-order chi connectivity index (χ0) is 23.5. The molecule has 0 spiro atoms. The number of carboxylic acid groups (broad SMARTS) is 1. The van der Waals surface area contributed by atoms with Gasteiger partial charge in [0.25, 0.3) is 11.5 Å². The third-order valence-corrected chi connectivity index (χ3v) is 6.14. The third kappa shape index (κ3) is 4.41. The van der Waals surface area contributed by atoms with E-state index < -0.39 is 5.97 Å². The highest BCUT2D eigenvalue weighted by molar-refractivity contribution is 5.98. The lowest BCUT2D eigenvalue weighted by Crippen LogP contribution is -2.13. The molecule has 5 rings (SSSR count). The highest BCUT2D eigenvalue weighted by atomic mass is 16.4. The number of aromatic nitrogens is 3. The van der Waals surface area contributed by atoms with Crippen molar-refractivity contribution in [1.29, 1.82) is 0 Å². The van der Waals surface area contributed by atoms with Crippen molar-refractivity contribution in [3.8, 4) is 11.3 Å². The average Bonchev–Trinajstić information content (AvgIpc) is 3.36. The number of aliphatic carboxylic acids is 1. The van der Waals surface area contributed by atoms with Gasteiger partial charge in [-0.3, -0.25) is 9.59 Å². The number of nitrogens with one attached hydrogen (secondary N) is 1. The van der Waals surface area contributed by atoms with E-state index in [9.17, 15) is 4.79 Å². The van der Waals surface area contributed by atoms with E-state index in [1.54, 1.807) is 0 Å². The molecule has 1 aliphatic carbocycles. The second-order valence-corrected chi connectivity index (χ2v) is 8.41. The van der Waals surface area contributed by atoms with Gasteiger partial charge in [0, 0.05) is 35.6 Å². The predicted octanol–water partition coefficient (Wildman–Crippen LogP) is 4.04. The van der Waals surface area contributed by atoms with Crippen LogP contribution in [-0.4, -0.2) is 32.2 Å². The fourth-order valence-corrected chi connectivity index (χ4v) is 4.82.